The van der Waals surface area contributed by atoms with Gasteiger partial charge in [-0.05, 0) is 71.4 Å². The van der Waals surface area contributed by atoms with Crippen LogP contribution in [0.3, 0.4) is 0 Å². The van der Waals surface area contributed by atoms with Crippen molar-refractivity contribution in [1.82, 2.24) is 5.32 Å². The summed E-state index contributed by atoms with van der Waals surface area (Å²) in [5, 5.41) is 2.64. The summed E-state index contributed by atoms with van der Waals surface area (Å²) < 4.78 is 45.1. The lowest BCUT2D eigenvalue weighted by Gasteiger charge is -2.11. The molecule has 0 aromatic heterocycles. The van der Waals surface area contributed by atoms with E-state index in [9.17, 15) is 9.18 Å². The summed E-state index contributed by atoms with van der Waals surface area (Å²) in [4.78, 5) is 11.3. The van der Waals surface area contributed by atoms with Crippen LogP contribution in [-0.4, -0.2) is 12.5 Å². The van der Waals surface area contributed by atoms with Crippen LogP contribution in [0.15, 0.2) is 91.5 Å². The molecular weight excluding hydrogens is 495 g/mol. The molecule has 0 heterocycles. The van der Waals surface area contributed by atoms with Gasteiger partial charge in [0, 0.05) is 23.2 Å². The molecule has 0 aliphatic carbocycles. The molecule has 0 fully saturated rings. The quantitative estimate of drug-likeness (QED) is 0.153. The van der Waals surface area contributed by atoms with Crippen LogP contribution in [-0.2, 0) is 17.6 Å². The van der Waals surface area contributed by atoms with Crippen LogP contribution in [0.4, 0.5) is 13.2 Å². The molecular formula is C34H32F3NO. The van der Waals surface area contributed by atoms with Gasteiger partial charge >= 0.3 is 0 Å². The van der Waals surface area contributed by atoms with E-state index in [0.29, 0.717) is 24.1 Å². The average molecular weight is 528 g/mol. The van der Waals surface area contributed by atoms with Gasteiger partial charge in [-0.3, -0.25) is 4.79 Å². The average Bonchev–Trinajstić information content (AvgIpc) is 2.94. The van der Waals surface area contributed by atoms with Crippen molar-refractivity contribution in [1.29, 1.82) is 0 Å². The van der Waals surface area contributed by atoms with Crippen molar-refractivity contribution in [3.05, 3.63) is 120 Å². The zero-order valence-corrected chi connectivity index (χ0v) is 22.1. The lowest BCUT2D eigenvalue weighted by Crippen LogP contribution is -2.23. The number of benzene rings is 4. The zero-order valence-electron chi connectivity index (χ0n) is 22.1. The van der Waals surface area contributed by atoms with E-state index < -0.39 is 17.5 Å². The maximum atomic E-state index is 15.1. The summed E-state index contributed by atoms with van der Waals surface area (Å²) in [6, 6.07) is 21.9. The van der Waals surface area contributed by atoms with Gasteiger partial charge in [-0.1, -0.05) is 87.0 Å². The first kappa shape index (κ1) is 27.9. The maximum absolute atomic E-state index is 15.1. The lowest BCUT2D eigenvalue weighted by atomic mass is 9.96. The fraction of sp³-hybridized carbons (Fsp3) is 0.206. The van der Waals surface area contributed by atoms with Crippen molar-refractivity contribution in [3.8, 4) is 33.4 Å². The number of hydrogen-bond acceptors (Lipinski definition) is 1. The monoisotopic (exact) mass is 527 g/mol. The Bertz CT molecular complexity index is 1460. The van der Waals surface area contributed by atoms with Crippen molar-refractivity contribution in [2.75, 3.05) is 6.54 Å². The van der Waals surface area contributed by atoms with E-state index in [-0.39, 0.29) is 22.6 Å². The second-order valence-electron chi connectivity index (χ2n) is 9.60. The SMILES string of the molecule is C=CC(=O)NCCc1ccc(-c2ccc(-c3ccc(-c4ccc(CCCCC)cc4)cc3F)cc2F)c(F)c1. The maximum Gasteiger partial charge on any atom is 0.243 e. The van der Waals surface area contributed by atoms with Gasteiger partial charge in [-0.25, -0.2) is 13.2 Å². The Morgan fingerprint density at radius 3 is 1.90 bits per heavy atom. The number of hydrogen-bond donors (Lipinski definition) is 1. The normalized spacial score (nSPS) is 10.9. The fourth-order valence-corrected chi connectivity index (χ4v) is 4.61. The molecule has 0 saturated heterocycles. The minimum atomic E-state index is -0.639. The topological polar surface area (TPSA) is 29.1 Å². The summed E-state index contributed by atoms with van der Waals surface area (Å²) >= 11 is 0. The van der Waals surface area contributed by atoms with Crippen molar-refractivity contribution in [2.24, 2.45) is 0 Å². The zero-order chi connectivity index (χ0) is 27.8. The smallest absolute Gasteiger partial charge is 0.243 e. The summed E-state index contributed by atoms with van der Waals surface area (Å²) in [7, 11) is 0. The number of unbranched alkanes of at least 4 members (excludes halogenated alkanes) is 2. The van der Waals surface area contributed by atoms with E-state index in [0.717, 1.165) is 24.0 Å². The van der Waals surface area contributed by atoms with E-state index in [1.54, 1.807) is 18.2 Å². The standard InChI is InChI=1S/C34H32F3NO/c1-3-5-6-7-23-8-11-25(12-9-23)26-13-16-28(32(36)21-26)27-14-17-30(33(37)22-27)29-15-10-24(20-31(29)35)18-19-38-34(39)4-2/h4,8-17,20-22H,2-3,5-7,18-19H2,1H3,(H,38,39). The van der Waals surface area contributed by atoms with E-state index in [4.69, 9.17) is 0 Å². The number of carbonyl (C=O) groups is 1. The molecule has 1 amide bonds. The Hall–Kier alpha value is -4.12. The first-order valence-corrected chi connectivity index (χ1v) is 13.3. The van der Waals surface area contributed by atoms with Gasteiger partial charge in [0.15, 0.2) is 0 Å². The van der Waals surface area contributed by atoms with Crippen molar-refractivity contribution >= 4 is 5.91 Å². The molecule has 4 rings (SSSR count). The molecule has 0 unspecified atom stereocenters. The van der Waals surface area contributed by atoms with E-state index >= 15 is 8.78 Å². The van der Waals surface area contributed by atoms with Crippen molar-refractivity contribution < 1.29 is 18.0 Å². The van der Waals surface area contributed by atoms with Crippen LogP contribution in [0.25, 0.3) is 33.4 Å². The van der Waals surface area contributed by atoms with Crippen molar-refractivity contribution in [2.45, 2.75) is 39.0 Å². The highest BCUT2D eigenvalue weighted by atomic mass is 19.1. The third-order valence-corrected chi connectivity index (χ3v) is 6.83. The molecule has 200 valence electrons. The fourth-order valence-electron chi connectivity index (χ4n) is 4.61. The molecule has 39 heavy (non-hydrogen) atoms. The van der Waals surface area contributed by atoms with Gasteiger partial charge in [0.25, 0.3) is 0 Å². The van der Waals surface area contributed by atoms with Gasteiger partial charge < -0.3 is 5.32 Å². The molecule has 1 N–H and O–H groups in total. The Morgan fingerprint density at radius 2 is 1.26 bits per heavy atom. The molecule has 5 heteroatoms. The minimum Gasteiger partial charge on any atom is -0.352 e. The summed E-state index contributed by atoms with van der Waals surface area (Å²) in [5.74, 6) is -1.96. The molecule has 4 aromatic carbocycles. The van der Waals surface area contributed by atoms with Gasteiger partial charge in [0.05, 0.1) is 0 Å². The van der Waals surface area contributed by atoms with Crippen molar-refractivity contribution in [3.63, 3.8) is 0 Å². The highest BCUT2D eigenvalue weighted by molar-refractivity contribution is 5.86. The van der Waals surface area contributed by atoms with Gasteiger partial charge in [0.2, 0.25) is 5.91 Å². The molecule has 0 bridgehead atoms. The number of aryl methyl sites for hydroxylation is 1. The lowest BCUT2D eigenvalue weighted by molar-refractivity contribution is -0.116. The van der Waals surface area contributed by atoms with Gasteiger partial charge in [0.1, 0.15) is 17.5 Å². The number of rotatable bonds is 11. The molecule has 0 saturated carbocycles. The number of amides is 1. The summed E-state index contributed by atoms with van der Waals surface area (Å²) in [6.07, 6.45) is 6.17. The van der Waals surface area contributed by atoms with E-state index in [2.05, 4.69) is 31.0 Å². The Balaban J connectivity index is 1.49. The predicted octanol–water partition coefficient (Wildman–Crippen LogP) is 8.68. The van der Waals surface area contributed by atoms with Crippen LogP contribution < -0.4 is 5.32 Å². The molecule has 0 aliphatic heterocycles. The van der Waals surface area contributed by atoms with E-state index in [1.165, 1.54) is 54.8 Å². The first-order chi connectivity index (χ1) is 18.9. The highest BCUT2D eigenvalue weighted by Gasteiger charge is 2.14. The largest absolute Gasteiger partial charge is 0.352 e. The highest BCUT2D eigenvalue weighted by Crippen LogP contribution is 2.33. The second-order valence-corrected chi connectivity index (χ2v) is 9.60. The molecule has 2 nitrogen and oxygen atoms in total. The molecule has 0 spiro atoms. The van der Waals surface area contributed by atoms with Crippen LogP contribution >= 0.6 is 0 Å². The Labute approximate surface area is 228 Å². The summed E-state index contributed by atoms with van der Waals surface area (Å²) in [5.41, 5.74) is 4.47. The van der Waals surface area contributed by atoms with Crippen LogP contribution in [0.1, 0.15) is 37.3 Å². The third kappa shape index (κ3) is 7.05. The second kappa shape index (κ2) is 13.1. The van der Waals surface area contributed by atoms with Crippen LogP contribution in [0.5, 0.6) is 0 Å². The first-order valence-electron chi connectivity index (χ1n) is 13.3. The predicted molar refractivity (Wildman–Crippen MR) is 153 cm³/mol. The van der Waals surface area contributed by atoms with Crippen LogP contribution in [0, 0.1) is 17.5 Å². The Morgan fingerprint density at radius 1 is 0.692 bits per heavy atom. The molecule has 4 aromatic rings. The van der Waals surface area contributed by atoms with E-state index in [1.807, 2.05) is 18.2 Å². The number of carbonyl (C=O) groups excluding carboxylic acids is 1. The third-order valence-electron chi connectivity index (χ3n) is 6.83. The van der Waals surface area contributed by atoms with Crippen LogP contribution in [0.2, 0.25) is 0 Å². The molecule has 0 radical (unpaired) electrons. The Kier molecular flexibility index (Phi) is 9.37. The van der Waals surface area contributed by atoms with Gasteiger partial charge in [-0.15, -0.1) is 0 Å². The minimum absolute atomic E-state index is 0.0961. The molecule has 0 atom stereocenters. The molecule has 0 aliphatic rings. The number of halogens is 3. The number of nitrogens with one attached hydrogen (secondary N) is 1. The van der Waals surface area contributed by atoms with Gasteiger partial charge in [-0.2, -0.15) is 0 Å². The summed E-state index contributed by atoms with van der Waals surface area (Å²) in [6.45, 7) is 5.90.